The van der Waals surface area contributed by atoms with E-state index in [4.69, 9.17) is 15.2 Å². The summed E-state index contributed by atoms with van der Waals surface area (Å²) in [6.07, 6.45) is 0. The molecule has 2 aliphatic heterocycles. The largest absolute Gasteiger partial charge is 0.345 e. The van der Waals surface area contributed by atoms with Crippen LogP contribution in [0.3, 0.4) is 0 Å². The molecule has 5 heteroatoms. The monoisotopic (exact) mass is 270 g/mol. The zero-order valence-corrected chi connectivity index (χ0v) is 8.28. The lowest BCUT2D eigenvalue weighted by atomic mass is 10.2. The summed E-state index contributed by atoms with van der Waals surface area (Å²) in [5.74, 6) is -0.485. The van der Waals surface area contributed by atoms with Crippen LogP contribution in [0.25, 0.3) is 0 Å². The van der Waals surface area contributed by atoms with Crippen molar-refractivity contribution in [2.75, 3.05) is 26.3 Å². The van der Waals surface area contributed by atoms with Gasteiger partial charge in [0.05, 0.1) is 25.8 Å². The lowest BCUT2D eigenvalue weighted by molar-refractivity contribution is -0.151. The first-order valence-electron chi connectivity index (χ1n) is 3.67. The zero-order chi connectivity index (χ0) is 7.90. The molecule has 0 aromatic heterocycles. The Balaban J connectivity index is 2.12. The lowest BCUT2D eigenvalue weighted by Gasteiger charge is -2.24. The number of halogens is 1. The lowest BCUT2D eigenvalue weighted by Crippen LogP contribution is -2.47. The van der Waals surface area contributed by atoms with E-state index < -0.39 is 5.79 Å². The number of nitrogens with two attached hydrogens (primary N) is 1. The Labute approximate surface area is 79.5 Å². The molecule has 1 atom stereocenters. The quantitative estimate of drug-likeness (QED) is 0.486. The fraction of sp³-hybridized carbons (Fsp3) is 1.00. The molecule has 0 aromatic carbocycles. The highest BCUT2D eigenvalue weighted by Gasteiger charge is 2.49. The second kappa shape index (κ2) is 2.81. The standard InChI is InChI=1S/C6H11IN2O2/c7-9-3-5(8)6(4-9)10-1-2-11-6/h5H,1-4,8H2. The van der Waals surface area contributed by atoms with Gasteiger partial charge in [-0.15, -0.1) is 0 Å². The fourth-order valence-corrected chi connectivity index (χ4v) is 2.45. The molecule has 2 rings (SSSR count). The molecule has 0 amide bonds. The summed E-state index contributed by atoms with van der Waals surface area (Å²) >= 11 is 2.24. The van der Waals surface area contributed by atoms with Crippen molar-refractivity contribution >= 4 is 22.9 Å². The van der Waals surface area contributed by atoms with Crippen molar-refractivity contribution < 1.29 is 9.47 Å². The van der Waals surface area contributed by atoms with Crippen LogP contribution in [0.5, 0.6) is 0 Å². The number of hydrogen-bond donors (Lipinski definition) is 1. The fourth-order valence-electron chi connectivity index (χ4n) is 1.55. The normalized spacial score (nSPS) is 37.1. The van der Waals surface area contributed by atoms with Gasteiger partial charge in [-0.25, -0.2) is 3.11 Å². The Kier molecular flexibility index (Phi) is 2.09. The van der Waals surface area contributed by atoms with Crippen molar-refractivity contribution in [1.82, 2.24) is 3.11 Å². The Morgan fingerprint density at radius 2 is 2.09 bits per heavy atom. The van der Waals surface area contributed by atoms with Crippen LogP contribution >= 0.6 is 22.9 Å². The van der Waals surface area contributed by atoms with E-state index >= 15 is 0 Å². The van der Waals surface area contributed by atoms with E-state index in [1.54, 1.807) is 0 Å². The third kappa shape index (κ3) is 1.29. The third-order valence-electron chi connectivity index (χ3n) is 2.13. The van der Waals surface area contributed by atoms with Crippen molar-refractivity contribution in [2.24, 2.45) is 5.73 Å². The maximum atomic E-state index is 5.87. The van der Waals surface area contributed by atoms with Gasteiger partial charge in [0.2, 0.25) is 0 Å². The molecule has 0 aliphatic carbocycles. The highest BCUT2D eigenvalue weighted by molar-refractivity contribution is 14.1. The minimum absolute atomic E-state index is 0.00176. The van der Waals surface area contributed by atoms with Crippen molar-refractivity contribution in [1.29, 1.82) is 0 Å². The van der Waals surface area contributed by atoms with Gasteiger partial charge in [-0.1, -0.05) is 0 Å². The van der Waals surface area contributed by atoms with Crippen LogP contribution in [0.1, 0.15) is 0 Å². The zero-order valence-electron chi connectivity index (χ0n) is 6.12. The molecular weight excluding hydrogens is 259 g/mol. The number of hydrogen-bond acceptors (Lipinski definition) is 4. The van der Waals surface area contributed by atoms with Gasteiger partial charge in [-0.2, -0.15) is 0 Å². The van der Waals surface area contributed by atoms with E-state index in [0.717, 1.165) is 13.1 Å². The van der Waals surface area contributed by atoms with Crippen LogP contribution in [-0.4, -0.2) is 41.2 Å². The van der Waals surface area contributed by atoms with Crippen molar-refractivity contribution in [3.05, 3.63) is 0 Å². The van der Waals surface area contributed by atoms with Crippen LogP contribution in [0.15, 0.2) is 0 Å². The SMILES string of the molecule is NC1CN(I)CC12OCCO2. The van der Waals surface area contributed by atoms with Gasteiger partial charge >= 0.3 is 0 Å². The molecule has 11 heavy (non-hydrogen) atoms. The summed E-state index contributed by atoms with van der Waals surface area (Å²) in [5.41, 5.74) is 5.87. The molecule has 4 nitrogen and oxygen atoms in total. The topological polar surface area (TPSA) is 47.7 Å². The molecule has 64 valence electrons. The minimum Gasteiger partial charge on any atom is -0.345 e. The van der Waals surface area contributed by atoms with Gasteiger partial charge in [0.25, 0.3) is 0 Å². The van der Waals surface area contributed by atoms with Gasteiger partial charge in [0.1, 0.15) is 0 Å². The van der Waals surface area contributed by atoms with Crippen molar-refractivity contribution in [3.63, 3.8) is 0 Å². The molecule has 0 saturated carbocycles. The summed E-state index contributed by atoms with van der Waals surface area (Å²) in [6.45, 7) is 2.99. The first kappa shape index (κ1) is 8.18. The average Bonchev–Trinajstić information content (AvgIpc) is 2.45. The minimum atomic E-state index is -0.485. The van der Waals surface area contributed by atoms with Crippen LogP contribution in [0.2, 0.25) is 0 Å². The molecule has 1 spiro atoms. The van der Waals surface area contributed by atoms with Crippen LogP contribution in [-0.2, 0) is 9.47 Å². The smallest absolute Gasteiger partial charge is 0.198 e. The maximum absolute atomic E-state index is 5.87. The van der Waals surface area contributed by atoms with E-state index in [1.165, 1.54) is 0 Å². The maximum Gasteiger partial charge on any atom is 0.198 e. The Morgan fingerprint density at radius 1 is 1.45 bits per heavy atom. The molecule has 0 bridgehead atoms. The first-order valence-corrected chi connectivity index (χ1v) is 4.64. The molecule has 0 radical (unpaired) electrons. The highest BCUT2D eigenvalue weighted by Crippen LogP contribution is 2.31. The number of ether oxygens (including phenoxy) is 2. The molecule has 2 heterocycles. The van der Waals surface area contributed by atoms with E-state index in [-0.39, 0.29) is 6.04 Å². The van der Waals surface area contributed by atoms with E-state index in [0.29, 0.717) is 13.2 Å². The summed E-state index contributed by atoms with van der Waals surface area (Å²) in [6, 6.07) is 0.00176. The Morgan fingerprint density at radius 3 is 2.55 bits per heavy atom. The van der Waals surface area contributed by atoms with Crippen LogP contribution in [0, 0.1) is 0 Å². The second-order valence-electron chi connectivity index (χ2n) is 2.92. The molecule has 2 N–H and O–H groups in total. The van der Waals surface area contributed by atoms with Gasteiger partial charge < -0.3 is 15.2 Å². The van der Waals surface area contributed by atoms with Gasteiger partial charge in [0.15, 0.2) is 5.79 Å². The highest BCUT2D eigenvalue weighted by atomic mass is 127. The number of rotatable bonds is 0. The average molecular weight is 270 g/mol. The third-order valence-corrected chi connectivity index (χ3v) is 2.86. The summed E-state index contributed by atoms with van der Waals surface area (Å²) in [7, 11) is 0. The molecule has 2 saturated heterocycles. The van der Waals surface area contributed by atoms with Crippen LogP contribution in [0.4, 0.5) is 0 Å². The summed E-state index contributed by atoms with van der Waals surface area (Å²) in [4.78, 5) is 0. The second-order valence-corrected chi connectivity index (χ2v) is 4.28. The van der Waals surface area contributed by atoms with Crippen molar-refractivity contribution in [2.45, 2.75) is 11.8 Å². The molecule has 0 aromatic rings. The van der Waals surface area contributed by atoms with E-state index in [2.05, 4.69) is 26.0 Å². The number of nitrogens with zero attached hydrogens (tertiary/aromatic N) is 1. The predicted molar refractivity (Wildman–Crippen MR) is 48.2 cm³/mol. The summed E-state index contributed by atoms with van der Waals surface area (Å²) in [5, 5.41) is 0. The Bertz CT molecular complexity index is 161. The molecular formula is C6H11IN2O2. The molecule has 2 aliphatic rings. The van der Waals surface area contributed by atoms with E-state index in [9.17, 15) is 0 Å². The predicted octanol–water partition coefficient (Wildman–Crippen LogP) is -0.278. The van der Waals surface area contributed by atoms with Gasteiger partial charge in [0, 0.05) is 29.4 Å². The van der Waals surface area contributed by atoms with Crippen LogP contribution < -0.4 is 5.73 Å². The molecule has 1 unspecified atom stereocenters. The van der Waals surface area contributed by atoms with Crippen molar-refractivity contribution in [3.8, 4) is 0 Å². The molecule has 2 fully saturated rings. The Hall–Kier alpha value is 0.570. The van der Waals surface area contributed by atoms with Gasteiger partial charge in [-0.3, -0.25) is 0 Å². The summed E-state index contributed by atoms with van der Waals surface area (Å²) < 4.78 is 13.1. The van der Waals surface area contributed by atoms with Gasteiger partial charge in [-0.05, 0) is 0 Å². The first-order chi connectivity index (χ1) is 5.23. The van der Waals surface area contributed by atoms with E-state index in [1.807, 2.05) is 0 Å².